The monoisotopic (exact) mass is 246 g/mol. The second kappa shape index (κ2) is 5.89. The summed E-state index contributed by atoms with van der Waals surface area (Å²) >= 11 is 0. The topological polar surface area (TPSA) is 41.1 Å². The molecule has 2 rings (SSSR count). The van der Waals surface area contributed by atoms with Gasteiger partial charge in [0, 0.05) is 18.8 Å². The quantitative estimate of drug-likeness (QED) is 0.784. The number of para-hydroxylation sites is 1. The summed E-state index contributed by atoms with van der Waals surface area (Å²) < 4.78 is 0. The highest BCUT2D eigenvalue weighted by atomic mass is 16.1. The van der Waals surface area contributed by atoms with Crippen LogP contribution in [0.4, 0.5) is 5.69 Å². The van der Waals surface area contributed by atoms with Crippen LogP contribution in [-0.2, 0) is 4.79 Å². The number of amides is 1. The SMILES string of the molecule is CC(C)CCCNC(=O)C1CNc2ccccc21. The molecule has 3 heteroatoms. The number of rotatable bonds is 5. The summed E-state index contributed by atoms with van der Waals surface area (Å²) in [6.45, 7) is 5.92. The third-order valence-electron chi connectivity index (χ3n) is 3.41. The van der Waals surface area contributed by atoms with E-state index in [4.69, 9.17) is 0 Å². The van der Waals surface area contributed by atoms with E-state index >= 15 is 0 Å². The van der Waals surface area contributed by atoms with Crippen molar-refractivity contribution in [1.29, 1.82) is 0 Å². The number of anilines is 1. The van der Waals surface area contributed by atoms with E-state index in [0.29, 0.717) is 5.92 Å². The summed E-state index contributed by atoms with van der Waals surface area (Å²) in [5.74, 6) is 0.826. The Balaban J connectivity index is 1.84. The maximum absolute atomic E-state index is 12.1. The van der Waals surface area contributed by atoms with Crippen LogP contribution in [0.3, 0.4) is 0 Å². The van der Waals surface area contributed by atoms with Gasteiger partial charge in [0.15, 0.2) is 0 Å². The molecule has 0 saturated heterocycles. The van der Waals surface area contributed by atoms with Gasteiger partial charge < -0.3 is 10.6 Å². The lowest BCUT2D eigenvalue weighted by molar-refractivity contribution is -0.122. The van der Waals surface area contributed by atoms with Gasteiger partial charge in [0.1, 0.15) is 0 Å². The molecule has 0 aromatic heterocycles. The van der Waals surface area contributed by atoms with E-state index in [1.807, 2.05) is 24.3 Å². The Morgan fingerprint density at radius 2 is 2.22 bits per heavy atom. The van der Waals surface area contributed by atoms with Crippen molar-refractivity contribution >= 4 is 11.6 Å². The van der Waals surface area contributed by atoms with Gasteiger partial charge in [-0.15, -0.1) is 0 Å². The Hall–Kier alpha value is -1.51. The third-order valence-corrected chi connectivity index (χ3v) is 3.41. The summed E-state index contributed by atoms with van der Waals surface area (Å²) in [7, 11) is 0. The van der Waals surface area contributed by atoms with E-state index in [1.54, 1.807) is 0 Å². The van der Waals surface area contributed by atoms with Crippen LogP contribution in [0.2, 0.25) is 0 Å². The number of nitrogens with one attached hydrogen (secondary N) is 2. The van der Waals surface area contributed by atoms with Crippen molar-refractivity contribution in [3.05, 3.63) is 29.8 Å². The van der Waals surface area contributed by atoms with Gasteiger partial charge in [0.25, 0.3) is 0 Å². The molecule has 1 unspecified atom stereocenters. The molecule has 0 saturated carbocycles. The zero-order valence-corrected chi connectivity index (χ0v) is 11.2. The van der Waals surface area contributed by atoms with E-state index in [1.165, 1.54) is 6.42 Å². The third kappa shape index (κ3) is 3.03. The van der Waals surface area contributed by atoms with Gasteiger partial charge in [-0.25, -0.2) is 0 Å². The highest BCUT2D eigenvalue weighted by Crippen LogP contribution is 2.30. The number of fused-ring (bicyclic) bond motifs is 1. The van der Waals surface area contributed by atoms with E-state index in [2.05, 4.69) is 24.5 Å². The molecular weight excluding hydrogens is 224 g/mol. The number of carbonyl (C=O) groups is 1. The smallest absolute Gasteiger partial charge is 0.229 e. The fourth-order valence-electron chi connectivity index (χ4n) is 2.36. The first-order chi connectivity index (χ1) is 8.68. The minimum atomic E-state index is -0.0275. The standard InChI is InChI=1S/C15H22N2O/c1-11(2)6-5-9-16-15(18)13-10-17-14-8-4-3-7-12(13)14/h3-4,7-8,11,13,17H,5-6,9-10H2,1-2H3,(H,16,18). The molecule has 1 heterocycles. The molecule has 2 N–H and O–H groups in total. The summed E-state index contributed by atoms with van der Waals surface area (Å²) in [6.07, 6.45) is 2.23. The average molecular weight is 246 g/mol. The lowest BCUT2D eigenvalue weighted by atomic mass is 10.0. The van der Waals surface area contributed by atoms with Crippen LogP contribution < -0.4 is 10.6 Å². The molecule has 1 amide bonds. The predicted octanol–water partition coefficient (Wildman–Crippen LogP) is 2.75. The Kier molecular flexibility index (Phi) is 4.24. The molecule has 0 spiro atoms. The first kappa shape index (κ1) is 12.9. The molecule has 1 aromatic carbocycles. The van der Waals surface area contributed by atoms with Crippen LogP contribution in [-0.4, -0.2) is 19.0 Å². The average Bonchev–Trinajstić information content (AvgIpc) is 2.78. The molecule has 1 atom stereocenters. The summed E-state index contributed by atoms with van der Waals surface area (Å²) in [6, 6.07) is 8.05. The Morgan fingerprint density at radius 3 is 3.00 bits per heavy atom. The van der Waals surface area contributed by atoms with Gasteiger partial charge in [-0.05, 0) is 30.4 Å². The molecule has 18 heavy (non-hydrogen) atoms. The van der Waals surface area contributed by atoms with E-state index in [9.17, 15) is 4.79 Å². The summed E-state index contributed by atoms with van der Waals surface area (Å²) in [4.78, 5) is 12.1. The second-order valence-electron chi connectivity index (χ2n) is 5.35. The largest absolute Gasteiger partial charge is 0.384 e. The lowest BCUT2D eigenvalue weighted by Crippen LogP contribution is -2.31. The van der Waals surface area contributed by atoms with Crippen LogP contribution in [0.5, 0.6) is 0 Å². The number of benzene rings is 1. The minimum absolute atomic E-state index is 0.0275. The first-order valence-electron chi connectivity index (χ1n) is 6.79. The molecule has 1 aliphatic rings. The van der Waals surface area contributed by atoms with Gasteiger partial charge in [-0.3, -0.25) is 4.79 Å². The molecule has 0 aliphatic carbocycles. The molecular formula is C15H22N2O. The molecule has 0 radical (unpaired) electrons. The van der Waals surface area contributed by atoms with Crippen molar-refractivity contribution in [3.63, 3.8) is 0 Å². The molecule has 1 aromatic rings. The highest BCUT2D eigenvalue weighted by molar-refractivity contribution is 5.88. The van der Waals surface area contributed by atoms with Crippen LogP contribution in [0.15, 0.2) is 24.3 Å². The summed E-state index contributed by atoms with van der Waals surface area (Å²) in [5, 5.41) is 6.32. The minimum Gasteiger partial charge on any atom is -0.384 e. The van der Waals surface area contributed by atoms with Crippen molar-refractivity contribution in [2.24, 2.45) is 5.92 Å². The highest BCUT2D eigenvalue weighted by Gasteiger charge is 2.27. The Bertz CT molecular complexity index is 415. The predicted molar refractivity (Wildman–Crippen MR) is 74.8 cm³/mol. The zero-order chi connectivity index (χ0) is 13.0. The van der Waals surface area contributed by atoms with E-state index in [0.717, 1.165) is 30.8 Å². The van der Waals surface area contributed by atoms with Crippen LogP contribution in [0.1, 0.15) is 38.2 Å². The number of carbonyl (C=O) groups excluding carboxylic acids is 1. The fraction of sp³-hybridized carbons (Fsp3) is 0.533. The van der Waals surface area contributed by atoms with Crippen LogP contribution in [0.25, 0.3) is 0 Å². The van der Waals surface area contributed by atoms with E-state index in [-0.39, 0.29) is 11.8 Å². The molecule has 0 fully saturated rings. The maximum Gasteiger partial charge on any atom is 0.229 e. The number of hydrogen-bond donors (Lipinski definition) is 2. The van der Waals surface area contributed by atoms with Gasteiger partial charge in [-0.2, -0.15) is 0 Å². The Morgan fingerprint density at radius 1 is 1.44 bits per heavy atom. The molecule has 1 aliphatic heterocycles. The van der Waals surface area contributed by atoms with Crippen molar-refractivity contribution in [2.45, 2.75) is 32.6 Å². The molecule has 0 bridgehead atoms. The lowest BCUT2D eigenvalue weighted by Gasteiger charge is -2.11. The second-order valence-corrected chi connectivity index (χ2v) is 5.35. The Labute approximate surface area is 109 Å². The van der Waals surface area contributed by atoms with E-state index < -0.39 is 0 Å². The van der Waals surface area contributed by atoms with Crippen molar-refractivity contribution in [2.75, 3.05) is 18.4 Å². The van der Waals surface area contributed by atoms with Crippen molar-refractivity contribution in [3.8, 4) is 0 Å². The van der Waals surface area contributed by atoms with Crippen LogP contribution >= 0.6 is 0 Å². The van der Waals surface area contributed by atoms with Gasteiger partial charge in [0.2, 0.25) is 5.91 Å². The fourth-order valence-corrected chi connectivity index (χ4v) is 2.36. The first-order valence-corrected chi connectivity index (χ1v) is 6.79. The molecule has 3 nitrogen and oxygen atoms in total. The van der Waals surface area contributed by atoms with Crippen molar-refractivity contribution in [1.82, 2.24) is 5.32 Å². The van der Waals surface area contributed by atoms with Gasteiger partial charge in [0.05, 0.1) is 5.92 Å². The van der Waals surface area contributed by atoms with Crippen molar-refractivity contribution < 1.29 is 4.79 Å². The number of hydrogen-bond acceptors (Lipinski definition) is 2. The summed E-state index contributed by atoms with van der Waals surface area (Å²) in [5.41, 5.74) is 2.22. The van der Waals surface area contributed by atoms with Gasteiger partial charge in [-0.1, -0.05) is 32.0 Å². The maximum atomic E-state index is 12.1. The van der Waals surface area contributed by atoms with Crippen LogP contribution in [0, 0.1) is 5.92 Å². The zero-order valence-electron chi connectivity index (χ0n) is 11.2. The van der Waals surface area contributed by atoms with Gasteiger partial charge >= 0.3 is 0 Å². The molecule has 98 valence electrons. The normalized spacial score (nSPS) is 17.4.